The molecule has 2 unspecified atom stereocenters. The molecule has 0 amide bonds. The van der Waals surface area contributed by atoms with Crippen molar-refractivity contribution >= 4 is 48.7 Å². The second kappa shape index (κ2) is 17.1. The molecule has 4 heterocycles. The smallest absolute Gasteiger partial charge is 0.226 e. The van der Waals surface area contributed by atoms with Gasteiger partial charge in [-0.25, -0.2) is 14.4 Å². The van der Waals surface area contributed by atoms with Crippen molar-refractivity contribution < 1.29 is 9.13 Å². The van der Waals surface area contributed by atoms with Gasteiger partial charge >= 0.3 is 0 Å². The van der Waals surface area contributed by atoms with E-state index in [9.17, 15) is 5.26 Å². The summed E-state index contributed by atoms with van der Waals surface area (Å²) in [5.74, 6) is 1.32. The van der Waals surface area contributed by atoms with Gasteiger partial charge in [-0.05, 0) is 61.8 Å². The number of nitrogens with two attached hydrogens (primary N) is 1. The van der Waals surface area contributed by atoms with Gasteiger partial charge in [-0.2, -0.15) is 5.26 Å². The first-order valence-corrected chi connectivity index (χ1v) is 18.9. The van der Waals surface area contributed by atoms with Crippen LogP contribution in [0, 0.1) is 17.2 Å². The molecular weight excluding hydrogens is 624 g/mol. The van der Waals surface area contributed by atoms with Gasteiger partial charge in [-0.15, -0.1) is 21.0 Å². The second-order valence-electron chi connectivity index (χ2n) is 12.9. The molecular formula is C38H53FN5OPS. The average molecular weight is 678 g/mol. The Hall–Kier alpha value is -2.72. The van der Waals surface area contributed by atoms with Crippen LogP contribution in [0.3, 0.4) is 0 Å². The normalized spacial score (nSPS) is 20.3. The quantitative estimate of drug-likeness (QED) is 0.198. The number of thioether (sulfide) groups is 1. The van der Waals surface area contributed by atoms with E-state index in [-0.39, 0.29) is 5.83 Å². The topological polar surface area (TPSA) is 88.1 Å². The highest BCUT2D eigenvalue weighted by Crippen LogP contribution is 2.47. The van der Waals surface area contributed by atoms with Gasteiger partial charge in [0.15, 0.2) is 0 Å². The molecule has 0 saturated carbocycles. The number of aromatic nitrogens is 2. The highest BCUT2D eigenvalue weighted by atomic mass is 32.2. The summed E-state index contributed by atoms with van der Waals surface area (Å²) >= 11 is 1.34. The molecule has 254 valence electrons. The van der Waals surface area contributed by atoms with Crippen molar-refractivity contribution in [1.29, 1.82) is 5.26 Å². The molecule has 1 aromatic carbocycles. The van der Waals surface area contributed by atoms with Crippen LogP contribution in [-0.2, 0) is 18.0 Å². The SMILES string of the molecule is C/C=C(/F)C1=C(/C(=C(\C)CC)c2c3c(c4cnc(N5CC[C@H](C)C5C)nc4c2P)COC3)C(C#N)=C(N)CS1.CCCCCCCC. The van der Waals surface area contributed by atoms with E-state index in [1.54, 1.807) is 6.92 Å². The fraction of sp³-hybridized carbons (Fsp3) is 0.553. The fourth-order valence-corrected chi connectivity index (χ4v) is 8.20. The van der Waals surface area contributed by atoms with Crippen LogP contribution < -0.4 is 15.9 Å². The Kier molecular flexibility index (Phi) is 13.5. The number of halogens is 1. The number of allylic oxidation sites excluding steroid dienone is 6. The van der Waals surface area contributed by atoms with Crippen LogP contribution in [0.2, 0.25) is 0 Å². The van der Waals surface area contributed by atoms with E-state index in [1.165, 1.54) is 56.4 Å². The maximum Gasteiger partial charge on any atom is 0.226 e. The number of unbranched alkanes of at least 4 members (excludes halogenated alkanes) is 5. The van der Waals surface area contributed by atoms with Crippen LogP contribution in [0.5, 0.6) is 0 Å². The molecule has 1 saturated heterocycles. The summed E-state index contributed by atoms with van der Waals surface area (Å²) in [6.45, 7) is 16.6. The van der Waals surface area contributed by atoms with Crippen molar-refractivity contribution in [2.75, 3.05) is 17.2 Å². The fourth-order valence-electron chi connectivity index (χ4n) is 6.61. The van der Waals surface area contributed by atoms with E-state index in [1.807, 2.05) is 13.1 Å². The lowest BCUT2D eigenvalue weighted by atomic mass is 9.83. The Labute approximate surface area is 288 Å². The molecule has 0 spiro atoms. The first kappa shape index (κ1) is 37.1. The monoisotopic (exact) mass is 677 g/mol. The van der Waals surface area contributed by atoms with Gasteiger partial charge < -0.3 is 15.4 Å². The summed E-state index contributed by atoms with van der Waals surface area (Å²) in [5.41, 5.74) is 13.5. The summed E-state index contributed by atoms with van der Waals surface area (Å²) in [4.78, 5) is 12.6. The van der Waals surface area contributed by atoms with Gasteiger partial charge in [0.05, 0.1) is 29.2 Å². The lowest BCUT2D eigenvalue weighted by Crippen LogP contribution is -2.31. The molecule has 9 heteroatoms. The van der Waals surface area contributed by atoms with Gasteiger partial charge in [-0.3, -0.25) is 0 Å². The molecule has 3 atom stereocenters. The summed E-state index contributed by atoms with van der Waals surface area (Å²) in [6, 6.07) is 2.66. The van der Waals surface area contributed by atoms with Crippen molar-refractivity contribution in [2.24, 2.45) is 11.7 Å². The molecule has 5 rings (SSSR count). The van der Waals surface area contributed by atoms with Gasteiger partial charge in [0.1, 0.15) is 11.9 Å². The van der Waals surface area contributed by atoms with E-state index < -0.39 is 0 Å². The van der Waals surface area contributed by atoms with E-state index >= 15 is 4.39 Å². The number of ether oxygens (including phenoxy) is 1. The van der Waals surface area contributed by atoms with Gasteiger partial charge in [-0.1, -0.05) is 77.9 Å². The first-order valence-electron chi connectivity index (χ1n) is 17.4. The van der Waals surface area contributed by atoms with Crippen molar-refractivity contribution in [3.05, 3.63) is 62.1 Å². The molecule has 0 radical (unpaired) electrons. The maximum absolute atomic E-state index is 15.4. The van der Waals surface area contributed by atoms with Gasteiger partial charge in [0.2, 0.25) is 5.95 Å². The van der Waals surface area contributed by atoms with E-state index in [0.29, 0.717) is 52.7 Å². The predicted octanol–water partition coefficient (Wildman–Crippen LogP) is 9.56. The molecule has 3 aliphatic rings. The highest BCUT2D eigenvalue weighted by Gasteiger charge is 2.34. The minimum absolute atomic E-state index is 0.337. The average Bonchev–Trinajstić information content (AvgIpc) is 3.70. The van der Waals surface area contributed by atoms with Crippen LogP contribution in [0.1, 0.15) is 117 Å². The molecule has 0 aliphatic carbocycles. The minimum Gasteiger partial charge on any atom is -0.400 e. The summed E-state index contributed by atoms with van der Waals surface area (Å²) in [7, 11) is 2.90. The zero-order valence-electron chi connectivity index (χ0n) is 29.4. The number of nitrogens with zero attached hydrogens (tertiary/aromatic N) is 4. The predicted molar refractivity (Wildman–Crippen MR) is 201 cm³/mol. The van der Waals surface area contributed by atoms with Crippen LogP contribution in [0.4, 0.5) is 10.3 Å². The van der Waals surface area contributed by atoms with Gasteiger partial charge in [0, 0.05) is 46.5 Å². The van der Waals surface area contributed by atoms with Gasteiger partial charge in [0.25, 0.3) is 0 Å². The lowest BCUT2D eigenvalue weighted by Gasteiger charge is -2.27. The molecule has 2 N–H and O–H groups in total. The van der Waals surface area contributed by atoms with Crippen molar-refractivity contribution in [3.63, 3.8) is 0 Å². The minimum atomic E-state index is -0.350. The lowest BCUT2D eigenvalue weighted by molar-refractivity contribution is 0.135. The molecule has 3 aliphatic heterocycles. The van der Waals surface area contributed by atoms with E-state index in [2.05, 4.69) is 54.8 Å². The summed E-state index contributed by atoms with van der Waals surface area (Å²) in [6.07, 6.45) is 13.7. The number of fused-ring (bicyclic) bond motifs is 3. The number of anilines is 1. The number of hydrogen-bond donors (Lipinski definition) is 1. The number of benzene rings is 1. The van der Waals surface area contributed by atoms with Crippen molar-refractivity contribution in [3.8, 4) is 6.07 Å². The Morgan fingerprint density at radius 2 is 1.85 bits per heavy atom. The number of hydrogen-bond acceptors (Lipinski definition) is 7. The standard InChI is InChI=1S/C30H35FN5OPS.C8H18/c1-6-15(3)24(26-18(10-32)23(33)14-39-29(26)22(31)7-2)25-21-13-37-12-20(21)19-11-34-30(35-27(19)28(25)38)36-9-8-16(4)17(36)5;1-3-5-7-8-6-4-2/h7,11,16-17H,6,8-9,12-14,33,38H2,1-5H3;3-8H2,1-2H3/b22-7+,24-15+;/t16-,17?;/m0./s1. The number of nitriles is 1. The highest BCUT2D eigenvalue weighted by molar-refractivity contribution is 8.03. The third-order valence-corrected chi connectivity index (χ3v) is 11.6. The maximum atomic E-state index is 15.4. The van der Waals surface area contributed by atoms with Crippen molar-refractivity contribution in [1.82, 2.24) is 9.97 Å². The first-order chi connectivity index (χ1) is 22.6. The Bertz CT molecular complexity index is 1630. The van der Waals surface area contributed by atoms with E-state index in [4.69, 9.17) is 20.4 Å². The third kappa shape index (κ3) is 7.79. The molecule has 47 heavy (non-hydrogen) atoms. The largest absolute Gasteiger partial charge is 0.400 e. The number of rotatable bonds is 10. The summed E-state index contributed by atoms with van der Waals surface area (Å²) < 4.78 is 21.4. The molecule has 1 aromatic heterocycles. The Morgan fingerprint density at radius 3 is 2.43 bits per heavy atom. The molecule has 2 aromatic rings. The second-order valence-corrected chi connectivity index (χ2v) is 14.5. The van der Waals surface area contributed by atoms with Crippen LogP contribution in [0.25, 0.3) is 16.5 Å². The van der Waals surface area contributed by atoms with Crippen LogP contribution in [0.15, 0.2) is 45.4 Å². The Morgan fingerprint density at radius 1 is 1.17 bits per heavy atom. The zero-order chi connectivity index (χ0) is 34.2. The van der Waals surface area contributed by atoms with Crippen LogP contribution >= 0.6 is 21.0 Å². The molecule has 0 bridgehead atoms. The van der Waals surface area contributed by atoms with Crippen molar-refractivity contribution in [2.45, 2.75) is 119 Å². The third-order valence-electron chi connectivity index (χ3n) is 9.85. The zero-order valence-corrected chi connectivity index (χ0v) is 31.4. The Balaban J connectivity index is 0.000000555. The molecule has 6 nitrogen and oxygen atoms in total. The van der Waals surface area contributed by atoms with E-state index in [0.717, 1.165) is 69.4 Å². The van der Waals surface area contributed by atoms with Crippen LogP contribution in [-0.4, -0.2) is 28.3 Å². The molecule has 1 fully saturated rings. The summed E-state index contributed by atoms with van der Waals surface area (Å²) in [5, 5.41) is 12.1.